The van der Waals surface area contributed by atoms with Gasteiger partial charge < -0.3 is 5.32 Å². The van der Waals surface area contributed by atoms with Gasteiger partial charge in [0.25, 0.3) is 5.91 Å². The summed E-state index contributed by atoms with van der Waals surface area (Å²) in [6, 6.07) is 6.04. The highest BCUT2D eigenvalue weighted by Gasteiger charge is 2.17. The summed E-state index contributed by atoms with van der Waals surface area (Å²) in [7, 11) is 0. The van der Waals surface area contributed by atoms with Crippen LogP contribution in [0.1, 0.15) is 10.4 Å². The number of rotatable bonds is 2. The van der Waals surface area contributed by atoms with Crippen LogP contribution in [-0.2, 0) is 0 Å². The van der Waals surface area contributed by atoms with Gasteiger partial charge in [0, 0.05) is 11.9 Å². The summed E-state index contributed by atoms with van der Waals surface area (Å²) in [6.07, 6.45) is 1.37. The van der Waals surface area contributed by atoms with Crippen molar-refractivity contribution in [2.45, 2.75) is 0 Å². The molecule has 0 bridgehead atoms. The van der Waals surface area contributed by atoms with Gasteiger partial charge in [-0.05, 0) is 24.3 Å². The first-order valence-electron chi connectivity index (χ1n) is 4.95. The minimum atomic E-state index is -0.923. The van der Waals surface area contributed by atoms with E-state index in [0.29, 0.717) is 5.69 Å². The van der Waals surface area contributed by atoms with Crippen LogP contribution in [0.2, 0.25) is 5.15 Å². The smallest absolute Gasteiger partial charge is 0.261 e. The highest BCUT2D eigenvalue weighted by molar-refractivity contribution is 6.29. The molecule has 0 radical (unpaired) electrons. The predicted molar refractivity (Wildman–Crippen MR) is 63.6 cm³/mol. The summed E-state index contributed by atoms with van der Waals surface area (Å²) in [5.74, 6) is -2.73. The fourth-order valence-electron chi connectivity index (χ4n) is 1.39. The normalized spacial score (nSPS) is 10.2. The summed E-state index contributed by atoms with van der Waals surface area (Å²) in [5, 5.41) is 2.51. The van der Waals surface area contributed by atoms with E-state index in [1.165, 1.54) is 24.4 Å². The van der Waals surface area contributed by atoms with Gasteiger partial charge in [-0.15, -0.1) is 0 Å². The van der Waals surface area contributed by atoms with Crippen molar-refractivity contribution < 1.29 is 13.6 Å². The van der Waals surface area contributed by atoms with Gasteiger partial charge >= 0.3 is 0 Å². The molecule has 1 amide bonds. The van der Waals surface area contributed by atoms with E-state index in [4.69, 9.17) is 11.6 Å². The fraction of sp³-hybridized carbons (Fsp3) is 0. The second-order valence-corrected chi connectivity index (χ2v) is 3.81. The van der Waals surface area contributed by atoms with Crippen molar-refractivity contribution in [1.82, 2.24) is 4.98 Å². The van der Waals surface area contributed by atoms with E-state index in [1.807, 2.05) is 0 Å². The molecule has 1 aromatic carbocycles. The van der Waals surface area contributed by atoms with Crippen LogP contribution in [0, 0.1) is 11.6 Å². The molecular formula is C12H7ClF2N2O. The third-order valence-electron chi connectivity index (χ3n) is 2.17. The molecule has 0 aliphatic rings. The van der Waals surface area contributed by atoms with Gasteiger partial charge in [-0.3, -0.25) is 4.79 Å². The van der Waals surface area contributed by atoms with Crippen LogP contribution < -0.4 is 5.32 Å². The lowest BCUT2D eigenvalue weighted by Crippen LogP contribution is -2.15. The first kappa shape index (κ1) is 12.4. The number of aromatic nitrogens is 1. The van der Waals surface area contributed by atoms with E-state index in [1.54, 1.807) is 0 Å². The number of anilines is 1. The van der Waals surface area contributed by atoms with Gasteiger partial charge in [0.15, 0.2) is 0 Å². The number of halogens is 3. The van der Waals surface area contributed by atoms with Gasteiger partial charge in [0.2, 0.25) is 0 Å². The van der Waals surface area contributed by atoms with Gasteiger partial charge in [0.05, 0.1) is 0 Å². The minimum Gasteiger partial charge on any atom is -0.322 e. The number of pyridine rings is 1. The van der Waals surface area contributed by atoms with Crippen LogP contribution in [0.3, 0.4) is 0 Å². The monoisotopic (exact) mass is 268 g/mol. The van der Waals surface area contributed by atoms with Crippen molar-refractivity contribution in [2.75, 3.05) is 5.32 Å². The number of benzene rings is 1. The lowest BCUT2D eigenvalue weighted by molar-refractivity contribution is 0.101. The second-order valence-electron chi connectivity index (χ2n) is 3.42. The maximum absolute atomic E-state index is 13.3. The first-order chi connectivity index (χ1) is 8.58. The summed E-state index contributed by atoms with van der Waals surface area (Å²) < 4.78 is 26.7. The average Bonchev–Trinajstić information content (AvgIpc) is 2.28. The Morgan fingerprint density at radius 2 is 1.89 bits per heavy atom. The molecule has 0 aliphatic carbocycles. The molecular weight excluding hydrogens is 262 g/mol. The van der Waals surface area contributed by atoms with Crippen LogP contribution in [0.4, 0.5) is 14.5 Å². The number of nitrogens with zero attached hydrogens (tertiary/aromatic N) is 1. The molecule has 2 rings (SSSR count). The zero-order valence-corrected chi connectivity index (χ0v) is 9.71. The molecule has 2 aromatic rings. The van der Waals surface area contributed by atoms with Crippen molar-refractivity contribution in [3.8, 4) is 0 Å². The molecule has 0 saturated carbocycles. The van der Waals surface area contributed by atoms with Crippen molar-refractivity contribution in [3.05, 3.63) is 58.9 Å². The fourth-order valence-corrected chi connectivity index (χ4v) is 1.56. The Labute approximate surface area is 106 Å². The molecule has 0 saturated heterocycles. The van der Waals surface area contributed by atoms with E-state index in [0.717, 1.165) is 12.1 Å². The maximum atomic E-state index is 13.3. The number of amides is 1. The molecule has 0 unspecified atom stereocenters. The van der Waals surface area contributed by atoms with Crippen molar-refractivity contribution in [2.24, 2.45) is 0 Å². The summed E-state index contributed by atoms with van der Waals surface area (Å²) in [5.41, 5.74) is -0.326. The van der Waals surface area contributed by atoms with Gasteiger partial charge in [-0.1, -0.05) is 17.7 Å². The largest absolute Gasteiger partial charge is 0.322 e. The quantitative estimate of drug-likeness (QED) is 0.850. The van der Waals surface area contributed by atoms with Gasteiger partial charge in [-0.25, -0.2) is 13.8 Å². The van der Waals surface area contributed by atoms with Crippen molar-refractivity contribution >= 4 is 23.2 Å². The summed E-state index contributed by atoms with van der Waals surface area (Å²) >= 11 is 5.63. The van der Waals surface area contributed by atoms with Gasteiger partial charge in [0.1, 0.15) is 22.4 Å². The molecule has 1 aromatic heterocycles. The zero-order valence-electron chi connectivity index (χ0n) is 8.95. The maximum Gasteiger partial charge on any atom is 0.261 e. The molecule has 6 heteroatoms. The summed E-state index contributed by atoms with van der Waals surface area (Å²) in [6.45, 7) is 0. The van der Waals surface area contributed by atoms with Crippen molar-refractivity contribution in [3.63, 3.8) is 0 Å². The molecule has 0 fully saturated rings. The van der Waals surface area contributed by atoms with Crippen LogP contribution in [0.25, 0.3) is 0 Å². The molecule has 0 aliphatic heterocycles. The van der Waals surface area contributed by atoms with Crippen molar-refractivity contribution in [1.29, 1.82) is 0 Å². The highest BCUT2D eigenvalue weighted by Crippen LogP contribution is 2.16. The Morgan fingerprint density at radius 3 is 2.50 bits per heavy atom. The average molecular weight is 269 g/mol. The third-order valence-corrected chi connectivity index (χ3v) is 2.38. The number of carbonyl (C=O) groups is 1. The van der Waals surface area contributed by atoms with E-state index in [-0.39, 0.29) is 5.15 Å². The Kier molecular flexibility index (Phi) is 3.53. The third kappa shape index (κ3) is 2.62. The molecule has 1 heterocycles. The van der Waals surface area contributed by atoms with E-state index >= 15 is 0 Å². The number of nitrogens with one attached hydrogen (secondary N) is 1. The Morgan fingerprint density at radius 1 is 1.22 bits per heavy atom. The Bertz CT molecular complexity index is 584. The highest BCUT2D eigenvalue weighted by atomic mass is 35.5. The SMILES string of the molecule is O=C(Nc1ccnc(Cl)c1)c1c(F)cccc1F. The number of hydrogen-bond donors (Lipinski definition) is 1. The number of carbonyl (C=O) groups excluding carboxylic acids is 1. The van der Waals surface area contributed by atoms with Crippen LogP contribution in [0.5, 0.6) is 0 Å². The lowest BCUT2D eigenvalue weighted by Gasteiger charge is -2.06. The topological polar surface area (TPSA) is 42.0 Å². The number of hydrogen-bond acceptors (Lipinski definition) is 2. The second kappa shape index (κ2) is 5.10. The van der Waals surface area contributed by atoms with E-state index in [9.17, 15) is 13.6 Å². The zero-order chi connectivity index (χ0) is 13.1. The van der Waals surface area contributed by atoms with E-state index < -0.39 is 23.1 Å². The molecule has 3 nitrogen and oxygen atoms in total. The Hall–Kier alpha value is -2.01. The molecule has 92 valence electrons. The minimum absolute atomic E-state index is 0.168. The molecule has 18 heavy (non-hydrogen) atoms. The molecule has 1 N–H and O–H groups in total. The van der Waals surface area contributed by atoms with Crippen LogP contribution >= 0.6 is 11.6 Å². The lowest BCUT2D eigenvalue weighted by atomic mass is 10.2. The first-order valence-corrected chi connectivity index (χ1v) is 5.32. The standard InChI is InChI=1S/C12H7ClF2N2O/c13-10-6-7(4-5-16-10)17-12(18)11-8(14)2-1-3-9(11)15/h1-6H,(H,16,17,18). The van der Waals surface area contributed by atoms with Crippen LogP contribution in [0.15, 0.2) is 36.5 Å². The summed E-state index contributed by atoms with van der Waals surface area (Å²) in [4.78, 5) is 15.4. The predicted octanol–water partition coefficient (Wildman–Crippen LogP) is 3.27. The molecule has 0 atom stereocenters. The Balaban J connectivity index is 2.28. The van der Waals surface area contributed by atoms with Crippen LogP contribution in [-0.4, -0.2) is 10.9 Å². The molecule has 0 spiro atoms. The van der Waals surface area contributed by atoms with Gasteiger partial charge in [-0.2, -0.15) is 0 Å². The van der Waals surface area contributed by atoms with E-state index in [2.05, 4.69) is 10.3 Å².